The Hall–Kier alpha value is -3.79. The van der Waals surface area contributed by atoms with Crippen molar-refractivity contribution < 1.29 is 33.7 Å². The molecule has 1 amide bonds. The Morgan fingerprint density at radius 2 is 1.94 bits per heavy atom. The lowest BCUT2D eigenvalue weighted by Crippen LogP contribution is -2.26. The van der Waals surface area contributed by atoms with E-state index < -0.39 is 18.0 Å². The molecule has 0 spiro atoms. The molecule has 0 saturated carbocycles. The minimum absolute atomic E-state index is 0.286. The van der Waals surface area contributed by atoms with Gasteiger partial charge in [-0.2, -0.15) is 0 Å². The van der Waals surface area contributed by atoms with E-state index in [1.807, 2.05) is 0 Å². The summed E-state index contributed by atoms with van der Waals surface area (Å²) in [7, 11) is 1.29. The van der Waals surface area contributed by atoms with Gasteiger partial charge in [-0.1, -0.05) is 25.1 Å². The van der Waals surface area contributed by atoms with Crippen molar-refractivity contribution in [3.05, 3.63) is 58.5 Å². The van der Waals surface area contributed by atoms with Gasteiger partial charge in [0, 0.05) is 0 Å². The van der Waals surface area contributed by atoms with Crippen molar-refractivity contribution in [3.8, 4) is 11.5 Å². The van der Waals surface area contributed by atoms with E-state index in [4.69, 9.17) is 14.2 Å². The van der Waals surface area contributed by atoms with Crippen molar-refractivity contribution in [1.29, 1.82) is 0 Å². The highest BCUT2D eigenvalue weighted by molar-refractivity contribution is 8.18. The number of amides is 1. The van der Waals surface area contributed by atoms with E-state index in [9.17, 15) is 19.5 Å². The lowest BCUT2D eigenvalue weighted by Gasteiger charge is -2.16. The molecule has 178 valence electrons. The number of hydrogen-bond donors (Lipinski definition) is 2. The van der Waals surface area contributed by atoms with E-state index in [0.29, 0.717) is 45.9 Å². The van der Waals surface area contributed by atoms with E-state index in [2.05, 4.69) is 10.3 Å². The number of carbonyl (C=O) groups excluding carboxylic acids is 2. The number of hydrogen-bond acceptors (Lipinski definition) is 8. The van der Waals surface area contributed by atoms with Crippen molar-refractivity contribution in [1.82, 2.24) is 5.32 Å². The zero-order chi connectivity index (χ0) is 24.7. The molecule has 1 atom stereocenters. The fourth-order valence-corrected chi connectivity index (χ4v) is 3.87. The Morgan fingerprint density at radius 1 is 1.18 bits per heavy atom. The molecule has 0 aromatic heterocycles. The number of ether oxygens (including phenoxy) is 3. The number of para-hydroxylation sites is 1. The van der Waals surface area contributed by atoms with Gasteiger partial charge < -0.3 is 24.6 Å². The van der Waals surface area contributed by atoms with Crippen molar-refractivity contribution >= 4 is 46.5 Å². The van der Waals surface area contributed by atoms with Gasteiger partial charge in [0.25, 0.3) is 5.91 Å². The number of amidine groups is 1. The summed E-state index contributed by atoms with van der Waals surface area (Å²) >= 11 is 1.13. The van der Waals surface area contributed by atoms with Crippen LogP contribution in [0.15, 0.2) is 52.4 Å². The highest BCUT2D eigenvalue weighted by Gasteiger charge is 2.25. The van der Waals surface area contributed by atoms with Gasteiger partial charge in [-0.05, 0) is 61.0 Å². The summed E-state index contributed by atoms with van der Waals surface area (Å²) < 4.78 is 16.0. The van der Waals surface area contributed by atoms with Crippen LogP contribution in [0.3, 0.4) is 0 Å². The Morgan fingerprint density at radius 3 is 2.62 bits per heavy atom. The largest absolute Gasteiger partial charge is 0.490 e. The lowest BCUT2D eigenvalue weighted by molar-refractivity contribution is -0.145. The zero-order valence-corrected chi connectivity index (χ0v) is 19.7. The van der Waals surface area contributed by atoms with E-state index in [1.54, 1.807) is 62.4 Å². The molecule has 2 N–H and O–H groups in total. The molecular weight excluding hydrogens is 460 g/mol. The second-order valence-corrected chi connectivity index (χ2v) is 8.01. The van der Waals surface area contributed by atoms with Gasteiger partial charge in [0.05, 0.1) is 29.9 Å². The monoisotopic (exact) mass is 484 g/mol. The predicted molar refractivity (Wildman–Crippen MR) is 129 cm³/mol. The van der Waals surface area contributed by atoms with Gasteiger partial charge in [0.2, 0.25) is 0 Å². The first kappa shape index (κ1) is 24.8. The molecule has 1 unspecified atom stereocenters. The predicted octanol–water partition coefficient (Wildman–Crippen LogP) is 4.01. The fourth-order valence-electron chi connectivity index (χ4n) is 3.04. The number of benzene rings is 2. The summed E-state index contributed by atoms with van der Waals surface area (Å²) in [6, 6.07) is 11.7. The average Bonchev–Trinajstić information content (AvgIpc) is 3.16. The van der Waals surface area contributed by atoms with Crippen LogP contribution in [-0.4, -0.2) is 47.9 Å². The van der Waals surface area contributed by atoms with E-state index in [0.717, 1.165) is 11.8 Å². The van der Waals surface area contributed by atoms with Crippen molar-refractivity contribution in [3.63, 3.8) is 0 Å². The van der Waals surface area contributed by atoms with Crippen molar-refractivity contribution in [2.75, 3.05) is 13.7 Å². The summed E-state index contributed by atoms with van der Waals surface area (Å²) in [5, 5.41) is 12.3. The summed E-state index contributed by atoms with van der Waals surface area (Å²) in [5.74, 6) is -1.24. The maximum atomic E-state index is 12.5. The Bertz CT molecular complexity index is 1160. The number of carboxylic acid groups (broad SMARTS) is 1. The molecule has 34 heavy (non-hydrogen) atoms. The van der Waals surface area contributed by atoms with Gasteiger partial charge in [0.1, 0.15) is 0 Å². The molecule has 1 aliphatic heterocycles. The number of carboxylic acids is 1. The number of methoxy groups -OCH3 is 1. The molecule has 3 rings (SSSR count). The average molecular weight is 485 g/mol. The minimum Gasteiger partial charge on any atom is -0.490 e. The molecule has 1 heterocycles. The zero-order valence-electron chi connectivity index (χ0n) is 18.9. The number of nitrogens with zero attached hydrogens (tertiary/aromatic N) is 1. The molecule has 2 aromatic carbocycles. The lowest BCUT2D eigenvalue weighted by atomic mass is 10.1. The van der Waals surface area contributed by atoms with Crippen LogP contribution in [0.25, 0.3) is 6.08 Å². The standard InChI is InChI=1S/C24H24N2O7S/c1-4-17(22(28)29)33-18-11-10-14(12-19(18)32-5-2)13-20-21(27)26-24(34-20)25-16-9-7-6-8-15(16)23(30)31-3/h6-13,17H,4-5H2,1-3H3,(H,28,29)(H,25,26,27)/b20-13+. The number of aliphatic carboxylic acids is 1. The third-order valence-electron chi connectivity index (χ3n) is 4.66. The fraction of sp³-hybridized carbons (Fsp3) is 0.250. The summed E-state index contributed by atoms with van der Waals surface area (Å²) in [5.41, 5.74) is 1.32. The normalized spacial score (nSPS) is 16.3. The molecule has 1 aliphatic rings. The van der Waals surface area contributed by atoms with E-state index in [-0.39, 0.29) is 11.5 Å². The van der Waals surface area contributed by atoms with Gasteiger partial charge >= 0.3 is 11.9 Å². The SMILES string of the molecule is CCOc1cc(/C=C2/SC(=Nc3ccccc3C(=O)OC)NC2=O)ccc1OC(CC)C(=O)O. The van der Waals surface area contributed by atoms with Crippen LogP contribution in [0, 0.1) is 0 Å². The number of nitrogens with one attached hydrogen (secondary N) is 1. The highest BCUT2D eigenvalue weighted by Crippen LogP contribution is 2.33. The van der Waals surface area contributed by atoms with E-state index in [1.165, 1.54) is 7.11 Å². The number of carbonyl (C=O) groups is 3. The van der Waals surface area contributed by atoms with Crippen LogP contribution >= 0.6 is 11.8 Å². The van der Waals surface area contributed by atoms with Gasteiger partial charge in [0.15, 0.2) is 22.8 Å². The van der Waals surface area contributed by atoms with Crippen LogP contribution < -0.4 is 14.8 Å². The van der Waals surface area contributed by atoms with Crippen LogP contribution in [0.4, 0.5) is 5.69 Å². The molecule has 9 nitrogen and oxygen atoms in total. The third-order valence-corrected chi connectivity index (χ3v) is 5.57. The maximum Gasteiger partial charge on any atom is 0.344 e. The molecule has 0 bridgehead atoms. The van der Waals surface area contributed by atoms with E-state index >= 15 is 0 Å². The number of esters is 1. The first-order valence-corrected chi connectivity index (χ1v) is 11.3. The number of aliphatic imine (C=N–C) groups is 1. The molecule has 2 aromatic rings. The summed E-state index contributed by atoms with van der Waals surface area (Å²) in [4.78, 5) is 40.6. The maximum absolute atomic E-state index is 12.5. The Kier molecular flexibility index (Phi) is 8.31. The highest BCUT2D eigenvalue weighted by atomic mass is 32.2. The van der Waals surface area contributed by atoms with Gasteiger partial charge in [-0.3, -0.25) is 4.79 Å². The quantitative estimate of drug-likeness (QED) is 0.404. The molecule has 0 radical (unpaired) electrons. The first-order valence-electron chi connectivity index (χ1n) is 10.5. The van der Waals surface area contributed by atoms with Crippen LogP contribution in [-0.2, 0) is 14.3 Å². The second kappa shape index (κ2) is 11.4. The Balaban J connectivity index is 1.86. The second-order valence-electron chi connectivity index (χ2n) is 6.98. The summed E-state index contributed by atoms with van der Waals surface area (Å²) in [6.45, 7) is 3.88. The number of thioether (sulfide) groups is 1. The molecule has 0 aliphatic carbocycles. The molecule has 1 saturated heterocycles. The Labute approximate surface area is 200 Å². The van der Waals surface area contributed by atoms with Crippen LogP contribution in [0.1, 0.15) is 36.2 Å². The van der Waals surface area contributed by atoms with Gasteiger partial charge in [-0.15, -0.1) is 0 Å². The minimum atomic E-state index is -1.06. The number of rotatable bonds is 9. The van der Waals surface area contributed by atoms with Gasteiger partial charge in [-0.25, -0.2) is 14.6 Å². The smallest absolute Gasteiger partial charge is 0.344 e. The summed E-state index contributed by atoms with van der Waals surface area (Å²) in [6.07, 6.45) is 0.964. The topological polar surface area (TPSA) is 124 Å². The van der Waals surface area contributed by atoms with Crippen molar-refractivity contribution in [2.45, 2.75) is 26.4 Å². The van der Waals surface area contributed by atoms with Crippen LogP contribution in [0.2, 0.25) is 0 Å². The molecule has 1 fully saturated rings. The molecule has 10 heteroatoms. The van der Waals surface area contributed by atoms with Crippen molar-refractivity contribution in [2.24, 2.45) is 4.99 Å². The first-order chi connectivity index (χ1) is 16.4. The van der Waals surface area contributed by atoms with Crippen LogP contribution in [0.5, 0.6) is 11.5 Å². The third kappa shape index (κ3) is 5.96. The molecular formula is C24H24N2O7S.